The topological polar surface area (TPSA) is 37.3 Å². The lowest BCUT2D eigenvalue weighted by atomic mass is 10.0. The Morgan fingerprint density at radius 3 is 3.05 bits per heavy atom. The summed E-state index contributed by atoms with van der Waals surface area (Å²) in [4.78, 5) is 9.09. The highest BCUT2D eigenvalue weighted by Gasteiger charge is 2.28. The maximum absolute atomic E-state index is 4.77. The van der Waals surface area contributed by atoms with Gasteiger partial charge in [-0.25, -0.2) is 0 Å². The third-order valence-corrected chi connectivity index (χ3v) is 4.74. The van der Waals surface area contributed by atoms with Crippen molar-refractivity contribution in [3.05, 3.63) is 36.5 Å². The fourth-order valence-corrected chi connectivity index (χ4v) is 3.25. The van der Waals surface area contributed by atoms with Crippen LogP contribution in [-0.4, -0.2) is 21.4 Å². The van der Waals surface area contributed by atoms with Crippen LogP contribution in [0, 0.1) is 0 Å². The Morgan fingerprint density at radius 2 is 2.26 bits per heavy atom. The van der Waals surface area contributed by atoms with Crippen molar-refractivity contribution in [1.29, 1.82) is 0 Å². The highest BCUT2D eigenvalue weighted by Crippen LogP contribution is 2.31. The average molecular weight is 271 g/mol. The van der Waals surface area contributed by atoms with Crippen molar-refractivity contribution in [2.75, 3.05) is 11.1 Å². The van der Waals surface area contributed by atoms with Crippen LogP contribution in [-0.2, 0) is 0 Å². The Balaban J connectivity index is 1.84. The molecule has 1 unspecified atom stereocenters. The molecule has 2 aromatic rings. The number of nitrogens with zero attached hydrogens (tertiary/aromatic N) is 2. The molecule has 1 N–H and O–H groups in total. The van der Waals surface area contributed by atoms with E-state index >= 15 is 0 Å². The number of benzene rings is 1. The number of thioether (sulfide) groups is 1. The summed E-state index contributed by atoms with van der Waals surface area (Å²) in [6.45, 7) is 4.40. The molecule has 1 aliphatic heterocycles. The normalized spacial score (nSPS) is 22.5. The minimum Gasteiger partial charge on any atom is -0.335 e. The van der Waals surface area contributed by atoms with E-state index < -0.39 is 0 Å². The molecule has 1 aromatic carbocycles. The van der Waals surface area contributed by atoms with Gasteiger partial charge in [-0.1, -0.05) is 24.8 Å². The number of nitrogens with one attached hydrogen (secondary N) is 1. The smallest absolute Gasteiger partial charge is 0.161 e. The zero-order chi connectivity index (χ0) is 13.3. The first-order valence-corrected chi connectivity index (χ1v) is 7.52. The highest BCUT2D eigenvalue weighted by molar-refractivity contribution is 8.14. The molecule has 1 aromatic heterocycles. The first-order valence-electron chi connectivity index (χ1n) is 6.53. The molecule has 0 radical (unpaired) electrons. The maximum Gasteiger partial charge on any atom is 0.161 e. The standard InChI is InChI=1S/C15H17N3S/c1-3-15(2)10-19-14(18-15)17-12-6-7-13-11(9-12)5-4-8-16-13/h4-9H,3,10H2,1-2H3,(H,17,18). The van der Waals surface area contributed by atoms with E-state index in [2.05, 4.69) is 42.3 Å². The van der Waals surface area contributed by atoms with Crippen LogP contribution in [0.25, 0.3) is 10.9 Å². The summed E-state index contributed by atoms with van der Waals surface area (Å²) in [5.74, 6) is 1.06. The maximum atomic E-state index is 4.77. The minimum absolute atomic E-state index is 0.0887. The van der Waals surface area contributed by atoms with E-state index in [9.17, 15) is 0 Å². The number of hydrogen-bond donors (Lipinski definition) is 1. The zero-order valence-electron chi connectivity index (χ0n) is 11.2. The number of anilines is 1. The molecule has 0 spiro atoms. The van der Waals surface area contributed by atoms with Crippen LogP contribution in [0.2, 0.25) is 0 Å². The molecule has 0 fully saturated rings. The number of aromatic nitrogens is 1. The number of pyridine rings is 1. The third kappa shape index (κ3) is 2.59. The molecular formula is C15H17N3S. The fraction of sp³-hybridized carbons (Fsp3) is 0.333. The monoisotopic (exact) mass is 271 g/mol. The molecule has 0 saturated carbocycles. The number of amidine groups is 1. The Hall–Kier alpha value is -1.55. The van der Waals surface area contributed by atoms with Gasteiger partial charge in [0.2, 0.25) is 0 Å². The fourth-order valence-electron chi connectivity index (χ4n) is 2.06. The van der Waals surface area contributed by atoms with E-state index in [0.29, 0.717) is 0 Å². The van der Waals surface area contributed by atoms with Crippen LogP contribution >= 0.6 is 11.8 Å². The second-order valence-corrected chi connectivity index (χ2v) is 6.06. The Labute approximate surface area is 117 Å². The minimum atomic E-state index is 0.0887. The Kier molecular flexibility index (Phi) is 3.19. The van der Waals surface area contributed by atoms with Crippen LogP contribution in [0.5, 0.6) is 0 Å². The lowest BCUT2D eigenvalue weighted by Crippen LogP contribution is -2.20. The predicted octanol–water partition coefficient (Wildman–Crippen LogP) is 3.92. The predicted molar refractivity (Wildman–Crippen MR) is 84.0 cm³/mol. The van der Waals surface area contributed by atoms with Gasteiger partial charge < -0.3 is 5.32 Å². The van der Waals surface area contributed by atoms with Crippen molar-refractivity contribution in [3.8, 4) is 0 Å². The molecule has 98 valence electrons. The summed E-state index contributed by atoms with van der Waals surface area (Å²) >= 11 is 1.80. The molecule has 3 nitrogen and oxygen atoms in total. The molecule has 4 heteroatoms. The van der Waals surface area contributed by atoms with E-state index in [1.165, 1.54) is 0 Å². The lowest BCUT2D eigenvalue weighted by Gasteiger charge is -2.15. The molecule has 1 atom stereocenters. The molecule has 0 aliphatic carbocycles. The Morgan fingerprint density at radius 1 is 1.37 bits per heavy atom. The van der Waals surface area contributed by atoms with Gasteiger partial charge in [-0.2, -0.15) is 0 Å². The van der Waals surface area contributed by atoms with Gasteiger partial charge in [0, 0.05) is 23.0 Å². The molecular weight excluding hydrogens is 254 g/mol. The van der Waals surface area contributed by atoms with Crippen LogP contribution in [0.15, 0.2) is 41.5 Å². The van der Waals surface area contributed by atoms with Crippen LogP contribution in [0.1, 0.15) is 20.3 Å². The summed E-state index contributed by atoms with van der Waals surface area (Å²) in [6, 6.07) is 10.2. The molecule has 2 heterocycles. The summed E-state index contributed by atoms with van der Waals surface area (Å²) in [6.07, 6.45) is 2.89. The number of hydrogen-bond acceptors (Lipinski definition) is 4. The SMILES string of the molecule is CCC1(C)CSC(Nc2ccc3ncccc3c2)=N1. The molecule has 0 saturated heterocycles. The van der Waals surface area contributed by atoms with E-state index in [-0.39, 0.29) is 5.54 Å². The number of rotatable bonds is 2. The van der Waals surface area contributed by atoms with Gasteiger partial charge in [-0.15, -0.1) is 0 Å². The van der Waals surface area contributed by atoms with Crippen molar-refractivity contribution in [1.82, 2.24) is 4.98 Å². The molecule has 0 amide bonds. The van der Waals surface area contributed by atoms with Gasteiger partial charge in [-0.3, -0.25) is 9.98 Å². The molecule has 3 rings (SSSR count). The lowest BCUT2D eigenvalue weighted by molar-refractivity contribution is 0.523. The van der Waals surface area contributed by atoms with Gasteiger partial charge >= 0.3 is 0 Å². The van der Waals surface area contributed by atoms with E-state index in [0.717, 1.165) is 33.9 Å². The van der Waals surface area contributed by atoms with Crippen molar-refractivity contribution in [2.24, 2.45) is 4.99 Å². The van der Waals surface area contributed by atoms with Gasteiger partial charge in [0.15, 0.2) is 5.17 Å². The van der Waals surface area contributed by atoms with Gasteiger partial charge in [0.1, 0.15) is 0 Å². The van der Waals surface area contributed by atoms with E-state index in [1.54, 1.807) is 11.8 Å². The summed E-state index contributed by atoms with van der Waals surface area (Å²) in [7, 11) is 0. The van der Waals surface area contributed by atoms with Crippen molar-refractivity contribution in [2.45, 2.75) is 25.8 Å². The third-order valence-electron chi connectivity index (χ3n) is 3.51. The van der Waals surface area contributed by atoms with Crippen molar-refractivity contribution >= 4 is 33.5 Å². The Bertz CT molecular complexity index is 638. The average Bonchev–Trinajstić information content (AvgIpc) is 2.81. The summed E-state index contributed by atoms with van der Waals surface area (Å²) < 4.78 is 0. The van der Waals surface area contributed by atoms with Gasteiger partial charge in [0.25, 0.3) is 0 Å². The van der Waals surface area contributed by atoms with Crippen LogP contribution in [0.4, 0.5) is 5.69 Å². The second-order valence-electron chi connectivity index (χ2n) is 5.09. The number of fused-ring (bicyclic) bond motifs is 1. The van der Waals surface area contributed by atoms with Crippen molar-refractivity contribution < 1.29 is 0 Å². The van der Waals surface area contributed by atoms with Crippen LogP contribution in [0.3, 0.4) is 0 Å². The van der Waals surface area contributed by atoms with E-state index in [1.807, 2.05) is 18.3 Å². The molecule has 0 bridgehead atoms. The molecule has 19 heavy (non-hydrogen) atoms. The van der Waals surface area contributed by atoms with Crippen molar-refractivity contribution in [3.63, 3.8) is 0 Å². The summed E-state index contributed by atoms with van der Waals surface area (Å²) in [5.41, 5.74) is 2.19. The summed E-state index contributed by atoms with van der Waals surface area (Å²) in [5, 5.41) is 5.58. The zero-order valence-corrected chi connectivity index (χ0v) is 12.0. The molecule has 1 aliphatic rings. The first kappa shape index (κ1) is 12.5. The number of aliphatic imine (C=N–C) groups is 1. The second kappa shape index (κ2) is 4.85. The largest absolute Gasteiger partial charge is 0.335 e. The van der Waals surface area contributed by atoms with E-state index in [4.69, 9.17) is 4.99 Å². The highest BCUT2D eigenvalue weighted by atomic mass is 32.2. The van der Waals surface area contributed by atoms with Gasteiger partial charge in [0.05, 0.1) is 11.1 Å². The van der Waals surface area contributed by atoms with Crippen LogP contribution < -0.4 is 5.32 Å². The quantitative estimate of drug-likeness (QED) is 0.899. The van der Waals surface area contributed by atoms with Gasteiger partial charge in [-0.05, 0) is 37.6 Å². The first-order chi connectivity index (χ1) is 9.18.